The van der Waals surface area contributed by atoms with Crippen molar-refractivity contribution in [3.63, 3.8) is 0 Å². The first-order valence-electron chi connectivity index (χ1n) is 9.97. The van der Waals surface area contributed by atoms with Gasteiger partial charge in [-0.05, 0) is 62.1 Å². The van der Waals surface area contributed by atoms with Crippen LogP contribution in [-0.4, -0.2) is 24.9 Å². The standard InChI is InChI=1S/C23H23N5O2/c1-13-4-5-16(25-21-11-20(26-27-21)23(30)6-7-23)10-17(13)18-9-15-12-24-14(2)8-19(15)28(3)22(18)29/h4-5,8-12,30H,6-7H2,1-3H3,(H2,25,26,27). The zero-order chi connectivity index (χ0) is 21.0. The molecule has 3 N–H and O–H groups in total. The molecule has 0 amide bonds. The predicted octanol–water partition coefficient (Wildman–Crippen LogP) is 3.67. The molecule has 7 heteroatoms. The van der Waals surface area contributed by atoms with Crippen molar-refractivity contribution in [3.05, 3.63) is 69.9 Å². The number of anilines is 2. The maximum Gasteiger partial charge on any atom is 0.258 e. The summed E-state index contributed by atoms with van der Waals surface area (Å²) in [5.41, 5.74) is 4.98. The Morgan fingerprint density at radius 1 is 1.13 bits per heavy atom. The third-order valence-corrected chi connectivity index (χ3v) is 5.85. The van der Waals surface area contributed by atoms with Gasteiger partial charge < -0.3 is 15.0 Å². The number of hydrogen-bond donors (Lipinski definition) is 3. The zero-order valence-electron chi connectivity index (χ0n) is 17.2. The Labute approximate surface area is 173 Å². The van der Waals surface area contributed by atoms with Crippen LogP contribution in [0.3, 0.4) is 0 Å². The van der Waals surface area contributed by atoms with E-state index in [1.165, 1.54) is 0 Å². The predicted molar refractivity (Wildman–Crippen MR) is 117 cm³/mol. The van der Waals surface area contributed by atoms with E-state index in [9.17, 15) is 9.90 Å². The lowest BCUT2D eigenvalue weighted by molar-refractivity contribution is 0.146. The van der Waals surface area contributed by atoms with Gasteiger partial charge in [0.1, 0.15) is 5.60 Å². The maximum absolute atomic E-state index is 13.1. The van der Waals surface area contributed by atoms with Crippen molar-refractivity contribution >= 4 is 22.4 Å². The molecule has 3 heterocycles. The van der Waals surface area contributed by atoms with E-state index in [1.54, 1.807) is 17.8 Å². The quantitative estimate of drug-likeness (QED) is 0.485. The number of benzene rings is 1. The van der Waals surface area contributed by atoms with E-state index < -0.39 is 5.60 Å². The molecule has 0 saturated heterocycles. The molecule has 30 heavy (non-hydrogen) atoms. The van der Waals surface area contributed by atoms with Crippen LogP contribution >= 0.6 is 0 Å². The van der Waals surface area contributed by atoms with Crippen LogP contribution < -0.4 is 10.9 Å². The second-order valence-electron chi connectivity index (χ2n) is 8.16. The normalized spacial score (nSPS) is 14.8. The zero-order valence-corrected chi connectivity index (χ0v) is 17.2. The third-order valence-electron chi connectivity index (χ3n) is 5.85. The molecular weight excluding hydrogens is 378 g/mol. The van der Waals surface area contributed by atoms with Gasteiger partial charge in [0, 0.05) is 41.6 Å². The van der Waals surface area contributed by atoms with Crippen LogP contribution in [0.5, 0.6) is 0 Å². The molecule has 0 unspecified atom stereocenters. The van der Waals surface area contributed by atoms with Gasteiger partial charge in [0.05, 0.1) is 11.2 Å². The van der Waals surface area contributed by atoms with E-state index in [0.717, 1.165) is 51.9 Å². The topological polar surface area (TPSA) is 95.8 Å². The highest BCUT2D eigenvalue weighted by Gasteiger charge is 2.43. The third kappa shape index (κ3) is 3.07. The summed E-state index contributed by atoms with van der Waals surface area (Å²) in [4.78, 5) is 17.5. The second-order valence-corrected chi connectivity index (χ2v) is 8.16. The van der Waals surface area contributed by atoms with Gasteiger partial charge in [-0.25, -0.2) is 0 Å². The summed E-state index contributed by atoms with van der Waals surface area (Å²) in [6.07, 6.45) is 3.31. The monoisotopic (exact) mass is 401 g/mol. The van der Waals surface area contributed by atoms with Gasteiger partial charge in [0.25, 0.3) is 5.56 Å². The van der Waals surface area contributed by atoms with Crippen molar-refractivity contribution in [1.29, 1.82) is 0 Å². The highest BCUT2D eigenvalue weighted by molar-refractivity contribution is 5.85. The molecule has 1 saturated carbocycles. The fourth-order valence-electron chi connectivity index (χ4n) is 3.81. The molecule has 1 fully saturated rings. The Kier molecular flexibility index (Phi) is 4.04. The molecular formula is C23H23N5O2. The minimum absolute atomic E-state index is 0.0497. The fourth-order valence-corrected chi connectivity index (χ4v) is 3.81. The lowest BCUT2D eigenvalue weighted by Crippen LogP contribution is -2.19. The number of aliphatic hydroxyl groups is 1. The van der Waals surface area contributed by atoms with Gasteiger partial charge >= 0.3 is 0 Å². The molecule has 1 aliphatic rings. The molecule has 3 aromatic heterocycles. The van der Waals surface area contributed by atoms with Crippen LogP contribution in [0.15, 0.2) is 47.4 Å². The summed E-state index contributed by atoms with van der Waals surface area (Å²) in [6.45, 7) is 3.91. The molecule has 5 rings (SSSR count). The average Bonchev–Trinajstić information content (AvgIpc) is 3.29. The SMILES string of the molecule is Cc1cc2c(cn1)cc(-c1cc(Nc3cc(C4(O)CC4)[nH]n3)ccc1C)c(=O)n2C. The van der Waals surface area contributed by atoms with E-state index in [2.05, 4.69) is 20.5 Å². The summed E-state index contributed by atoms with van der Waals surface area (Å²) < 4.78 is 1.68. The number of nitrogens with one attached hydrogen (secondary N) is 2. The van der Waals surface area contributed by atoms with Gasteiger partial charge in [-0.3, -0.25) is 14.9 Å². The van der Waals surface area contributed by atoms with E-state index in [1.807, 2.05) is 50.2 Å². The van der Waals surface area contributed by atoms with E-state index >= 15 is 0 Å². The molecule has 1 aliphatic carbocycles. The number of hydrogen-bond acceptors (Lipinski definition) is 5. The number of aromatic nitrogens is 4. The largest absolute Gasteiger partial charge is 0.384 e. The highest BCUT2D eigenvalue weighted by atomic mass is 16.3. The van der Waals surface area contributed by atoms with Crippen molar-refractivity contribution in [1.82, 2.24) is 19.7 Å². The maximum atomic E-state index is 13.1. The van der Waals surface area contributed by atoms with Crippen LogP contribution in [-0.2, 0) is 12.6 Å². The lowest BCUT2D eigenvalue weighted by Gasteiger charge is -2.13. The van der Waals surface area contributed by atoms with Crippen LogP contribution in [0.2, 0.25) is 0 Å². The van der Waals surface area contributed by atoms with Gasteiger partial charge in [-0.2, -0.15) is 5.10 Å². The number of fused-ring (bicyclic) bond motifs is 1. The Bertz CT molecular complexity index is 1350. The van der Waals surface area contributed by atoms with Crippen molar-refractivity contribution in [3.8, 4) is 11.1 Å². The molecule has 0 aliphatic heterocycles. The number of H-pyrrole nitrogens is 1. The first kappa shape index (κ1) is 18.6. The van der Waals surface area contributed by atoms with Crippen LogP contribution in [0, 0.1) is 13.8 Å². The molecule has 7 nitrogen and oxygen atoms in total. The second kappa shape index (κ2) is 6.53. The number of rotatable bonds is 4. The van der Waals surface area contributed by atoms with Crippen molar-refractivity contribution in [2.45, 2.75) is 32.3 Å². The van der Waals surface area contributed by atoms with Crippen molar-refractivity contribution < 1.29 is 5.11 Å². The van der Waals surface area contributed by atoms with Crippen LogP contribution in [0.4, 0.5) is 11.5 Å². The number of pyridine rings is 2. The first-order valence-corrected chi connectivity index (χ1v) is 9.97. The minimum Gasteiger partial charge on any atom is -0.384 e. The van der Waals surface area contributed by atoms with Crippen molar-refractivity contribution in [2.24, 2.45) is 7.05 Å². The Balaban J connectivity index is 1.55. The van der Waals surface area contributed by atoms with Gasteiger partial charge in [0.2, 0.25) is 0 Å². The number of aryl methyl sites for hydroxylation is 3. The minimum atomic E-state index is -0.755. The smallest absolute Gasteiger partial charge is 0.258 e. The van der Waals surface area contributed by atoms with Gasteiger partial charge in [-0.15, -0.1) is 0 Å². The molecule has 1 aromatic carbocycles. The lowest BCUT2D eigenvalue weighted by atomic mass is 9.99. The highest BCUT2D eigenvalue weighted by Crippen LogP contribution is 2.44. The van der Waals surface area contributed by atoms with E-state index in [4.69, 9.17) is 0 Å². The Morgan fingerprint density at radius 3 is 2.70 bits per heavy atom. The molecule has 0 radical (unpaired) electrons. The molecule has 0 atom stereocenters. The Morgan fingerprint density at radius 2 is 1.93 bits per heavy atom. The Hall–Kier alpha value is -3.45. The molecule has 152 valence electrons. The average molecular weight is 401 g/mol. The summed E-state index contributed by atoms with van der Waals surface area (Å²) in [5.74, 6) is 0.631. The molecule has 0 spiro atoms. The number of nitrogens with zero attached hydrogens (tertiary/aromatic N) is 3. The van der Waals surface area contributed by atoms with Gasteiger partial charge in [0.15, 0.2) is 5.82 Å². The van der Waals surface area contributed by atoms with Gasteiger partial charge in [-0.1, -0.05) is 6.07 Å². The van der Waals surface area contributed by atoms with Crippen LogP contribution in [0.25, 0.3) is 22.0 Å². The fraction of sp³-hybridized carbons (Fsp3) is 0.261. The van der Waals surface area contributed by atoms with Crippen LogP contribution in [0.1, 0.15) is 29.8 Å². The van der Waals surface area contributed by atoms with Crippen molar-refractivity contribution in [2.75, 3.05) is 5.32 Å². The molecule has 0 bridgehead atoms. The number of aromatic amines is 1. The summed E-state index contributed by atoms with van der Waals surface area (Å²) in [5, 5.41) is 21.6. The van der Waals surface area contributed by atoms with E-state index in [-0.39, 0.29) is 5.56 Å². The molecule has 4 aromatic rings. The first-order chi connectivity index (χ1) is 14.3. The summed E-state index contributed by atoms with van der Waals surface area (Å²) in [6, 6.07) is 11.6. The van der Waals surface area contributed by atoms with E-state index in [0.29, 0.717) is 11.4 Å². The summed E-state index contributed by atoms with van der Waals surface area (Å²) >= 11 is 0. The summed E-state index contributed by atoms with van der Waals surface area (Å²) in [7, 11) is 1.79.